The van der Waals surface area contributed by atoms with E-state index in [0.29, 0.717) is 18.0 Å². The van der Waals surface area contributed by atoms with Gasteiger partial charge in [0, 0.05) is 35.8 Å². The Bertz CT molecular complexity index is 1630. The van der Waals surface area contributed by atoms with Crippen LogP contribution in [-0.2, 0) is 17.8 Å². The van der Waals surface area contributed by atoms with Crippen molar-refractivity contribution in [3.63, 3.8) is 0 Å². The van der Waals surface area contributed by atoms with E-state index in [1.807, 2.05) is 97.2 Å². The minimum absolute atomic E-state index is 0.0348. The number of thiazole rings is 1. The summed E-state index contributed by atoms with van der Waals surface area (Å²) >= 11 is 1.57. The Morgan fingerprint density at radius 3 is 2.61 bits per heavy atom. The van der Waals surface area contributed by atoms with Crippen LogP contribution in [0.2, 0.25) is 0 Å². The molecular weight excluding hydrogens is 496 g/mol. The third-order valence-electron chi connectivity index (χ3n) is 6.06. The molecule has 0 saturated heterocycles. The molecule has 0 spiro atoms. The summed E-state index contributed by atoms with van der Waals surface area (Å²) in [5.41, 5.74) is 4.50. The summed E-state index contributed by atoms with van der Waals surface area (Å²) in [6, 6.07) is 29.2. The second-order valence-electron chi connectivity index (χ2n) is 8.69. The summed E-state index contributed by atoms with van der Waals surface area (Å²) in [5.74, 6) is 2.06. The molecule has 0 atom stereocenters. The second kappa shape index (κ2) is 10.7. The normalized spacial score (nSPS) is 12.9. The lowest BCUT2D eigenvalue weighted by molar-refractivity contribution is -0.118. The molecule has 38 heavy (non-hydrogen) atoms. The van der Waals surface area contributed by atoms with E-state index in [4.69, 9.17) is 14.5 Å². The van der Waals surface area contributed by atoms with Gasteiger partial charge in [0.1, 0.15) is 17.2 Å². The molecule has 5 aromatic rings. The first-order chi connectivity index (χ1) is 18.7. The molecule has 6 rings (SSSR count). The van der Waals surface area contributed by atoms with Crippen LogP contribution < -0.4 is 19.6 Å². The molecule has 1 N–H and O–H groups in total. The highest BCUT2D eigenvalue weighted by atomic mass is 32.1. The summed E-state index contributed by atoms with van der Waals surface area (Å²) in [5, 5.41) is 5.00. The SMILES string of the molecule is O=C1COc2ccc(-c3csc(=Nc4ccc(Oc5ccccc5)cc4)n3CCc3ccccn3)cc2N1. The number of ether oxygens (including phenoxy) is 2. The van der Waals surface area contributed by atoms with Gasteiger partial charge in [-0.3, -0.25) is 9.78 Å². The van der Waals surface area contributed by atoms with Gasteiger partial charge in [0.15, 0.2) is 11.4 Å². The monoisotopic (exact) mass is 520 g/mol. The number of rotatable bonds is 7. The number of carbonyl (C=O) groups excluding carboxylic acids is 1. The Morgan fingerprint density at radius 2 is 1.79 bits per heavy atom. The molecule has 0 saturated carbocycles. The first-order valence-electron chi connectivity index (χ1n) is 12.2. The maximum atomic E-state index is 11.9. The molecule has 0 unspecified atom stereocenters. The number of nitrogens with one attached hydrogen (secondary N) is 1. The number of aromatic nitrogens is 2. The van der Waals surface area contributed by atoms with Crippen molar-refractivity contribution >= 4 is 28.6 Å². The van der Waals surface area contributed by atoms with E-state index in [9.17, 15) is 4.79 Å². The second-order valence-corrected chi connectivity index (χ2v) is 9.53. The molecule has 0 radical (unpaired) electrons. The molecule has 8 heteroatoms. The van der Waals surface area contributed by atoms with E-state index in [-0.39, 0.29) is 12.5 Å². The zero-order valence-corrected chi connectivity index (χ0v) is 21.2. The smallest absolute Gasteiger partial charge is 0.262 e. The van der Waals surface area contributed by atoms with E-state index in [0.717, 1.165) is 45.4 Å². The van der Waals surface area contributed by atoms with Crippen molar-refractivity contribution in [1.82, 2.24) is 9.55 Å². The van der Waals surface area contributed by atoms with Gasteiger partial charge in [-0.2, -0.15) is 0 Å². The van der Waals surface area contributed by atoms with Gasteiger partial charge in [-0.05, 0) is 66.7 Å². The van der Waals surface area contributed by atoms with Crippen LogP contribution >= 0.6 is 11.3 Å². The first-order valence-corrected chi connectivity index (χ1v) is 13.1. The van der Waals surface area contributed by atoms with Crippen LogP contribution in [0, 0.1) is 0 Å². The number of benzene rings is 3. The van der Waals surface area contributed by atoms with Crippen LogP contribution in [0.3, 0.4) is 0 Å². The zero-order valence-electron chi connectivity index (χ0n) is 20.4. The van der Waals surface area contributed by atoms with Crippen LogP contribution in [-0.4, -0.2) is 22.1 Å². The topological polar surface area (TPSA) is 77.7 Å². The van der Waals surface area contributed by atoms with E-state index >= 15 is 0 Å². The number of nitrogens with zero attached hydrogens (tertiary/aromatic N) is 3. The lowest BCUT2D eigenvalue weighted by Crippen LogP contribution is -2.25. The molecule has 0 aliphatic carbocycles. The van der Waals surface area contributed by atoms with Gasteiger partial charge >= 0.3 is 0 Å². The fourth-order valence-electron chi connectivity index (χ4n) is 4.20. The predicted molar refractivity (Wildman–Crippen MR) is 148 cm³/mol. The number of fused-ring (bicyclic) bond motifs is 1. The van der Waals surface area contributed by atoms with Crippen LogP contribution in [0.1, 0.15) is 5.69 Å². The summed E-state index contributed by atoms with van der Waals surface area (Å²) in [6.07, 6.45) is 2.57. The van der Waals surface area contributed by atoms with Crippen LogP contribution in [0.15, 0.2) is 108 Å². The van der Waals surface area contributed by atoms with Gasteiger partial charge < -0.3 is 19.4 Å². The molecule has 2 aromatic heterocycles. The molecule has 0 fully saturated rings. The molecule has 1 aliphatic rings. The summed E-state index contributed by atoms with van der Waals surface area (Å²) in [4.78, 5) is 22.2. The minimum Gasteiger partial charge on any atom is -0.482 e. The summed E-state index contributed by atoms with van der Waals surface area (Å²) < 4.78 is 13.7. The number of anilines is 1. The maximum Gasteiger partial charge on any atom is 0.262 e. The highest BCUT2D eigenvalue weighted by Gasteiger charge is 2.18. The van der Waals surface area contributed by atoms with Crippen LogP contribution in [0.4, 0.5) is 11.4 Å². The number of para-hydroxylation sites is 1. The Labute approximate surface area is 223 Å². The fraction of sp³-hybridized carbons (Fsp3) is 0.100. The number of pyridine rings is 1. The molecule has 3 aromatic carbocycles. The van der Waals surface area contributed by atoms with Gasteiger partial charge in [-0.25, -0.2) is 4.99 Å². The fourth-order valence-corrected chi connectivity index (χ4v) is 5.16. The molecule has 7 nitrogen and oxygen atoms in total. The summed E-state index contributed by atoms with van der Waals surface area (Å²) in [6.45, 7) is 0.733. The zero-order chi connectivity index (χ0) is 25.7. The van der Waals surface area contributed by atoms with Crippen molar-refractivity contribution in [2.75, 3.05) is 11.9 Å². The van der Waals surface area contributed by atoms with E-state index in [1.54, 1.807) is 11.3 Å². The van der Waals surface area contributed by atoms with E-state index in [2.05, 4.69) is 20.2 Å². The Kier molecular flexibility index (Phi) is 6.70. The lowest BCUT2D eigenvalue weighted by Gasteiger charge is -2.19. The Morgan fingerprint density at radius 1 is 0.974 bits per heavy atom. The van der Waals surface area contributed by atoms with Crippen molar-refractivity contribution < 1.29 is 14.3 Å². The molecule has 188 valence electrons. The molecule has 0 bridgehead atoms. The van der Waals surface area contributed by atoms with E-state index in [1.165, 1.54) is 0 Å². The van der Waals surface area contributed by atoms with Gasteiger partial charge in [-0.15, -0.1) is 11.3 Å². The first kappa shape index (κ1) is 23.7. The van der Waals surface area contributed by atoms with Crippen LogP contribution in [0.25, 0.3) is 11.3 Å². The van der Waals surface area contributed by atoms with Gasteiger partial charge in [0.25, 0.3) is 5.91 Å². The van der Waals surface area contributed by atoms with Gasteiger partial charge in [-0.1, -0.05) is 24.3 Å². The highest BCUT2D eigenvalue weighted by Crippen LogP contribution is 2.33. The van der Waals surface area contributed by atoms with Crippen molar-refractivity contribution in [2.45, 2.75) is 13.0 Å². The van der Waals surface area contributed by atoms with Gasteiger partial charge in [0.2, 0.25) is 0 Å². The maximum absolute atomic E-state index is 11.9. The average Bonchev–Trinajstić information content (AvgIpc) is 3.36. The number of carbonyl (C=O) groups is 1. The van der Waals surface area contributed by atoms with Crippen molar-refractivity contribution in [3.05, 3.63) is 113 Å². The Balaban J connectivity index is 1.33. The minimum atomic E-state index is -0.154. The average molecular weight is 521 g/mol. The van der Waals surface area contributed by atoms with Crippen LogP contribution in [0.5, 0.6) is 17.2 Å². The highest BCUT2D eigenvalue weighted by molar-refractivity contribution is 7.07. The number of amides is 1. The standard InChI is InChI=1S/C30H24N4O3S/c35-29-19-36-28-14-9-21(18-26(28)33-29)27-20-38-30(34(27)17-15-22-6-4-5-16-31-22)32-23-10-12-25(13-11-23)37-24-7-2-1-3-8-24/h1-14,16,18,20H,15,17,19H2,(H,33,35). The number of hydrogen-bond donors (Lipinski definition) is 1. The third-order valence-corrected chi connectivity index (χ3v) is 6.93. The predicted octanol–water partition coefficient (Wildman–Crippen LogP) is 6.21. The number of aryl methyl sites for hydroxylation is 1. The molecule has 1 aliphatic heterocycles. The van der Waals surface area contributed by atoms with Crippen molar-refractivity contribution in [2.24, 2.45) is 4.99 Å². The third kappa shape index (κ3) is 5.35. The number of hydrogen-bond acceptors (Lipinski definition) is 6. The van der Waals surface area contributed by atoms with E-state index < -0.39 is 0 Å². The van der Waals surface area contributed by atoms with Gasteiger partial charge in [0.05, 0.1) is 17.1 Å². The Hall–Kier alpha value is -4.69. The molecular formula is C30H24N4O3S. The van der Waals surface area contributed by atoms with Crippen molar-refractivity contribution in [3.8, 4) is 28.5 Å². The van der Waals surface area contributed by atoms with Crippen molar-refractivity contribution in [1.29, 1.82) is 0 Å². The summed E-state index contributed by atoms with van der Waals surface area (Å²) in [7, 11) is 0. The lowest BCUT2D eigenvalue weighted by atomic mass is 10.1. The quantitative estimate of drug-likeness (QED) is 0.277. The largest absolute Gasteiger partial charge is 0.482 e. The molecule has 1 amide bonds. The molecule has 3 heterocycles.